The molecule has 1 rings (SSSR count). The lowest BCUT2D eigenvalue weighted by atomic mass is 10.2. The van der Waals surface area contributed by atoms with E-state index < -0.39 is 0 Å². The second-order valence-corrected chi connectivity index (χ2v) is 4.99. The van der Waals surface area contributed by atoms with E-state index in [1.54, 1.807) is 7.11 Å². The summed E-state index contributed by atoms with van der Waals surface area (Å²) in [5.74, 6) is 0.850. The SMILES string of the molecule is COc1ccc(CNCCCC(C)O)cc1Br. The number of rotatable bonds is 7. The van der Waals surface area contributed by atoms with Gasteiger partial charge in [-0.25, -0.2) is 0 Å². The molecule has 0 aliphatic rings. The number of hydrogen-bond acceptors (Lipinski definition) is 3. The average molecular weight is 302 g/mol. The summed E-state index contributed by atoms with van der Waals surface area (Å²) in [4.78, 5) is 0. The fourth-order valence-corrected chi connectivity index (χ4v) is 2.16. The molecule has 0 aliphatic heterocycles. The van der Waals surface area contributed by atoms with E-state index in [0.29, 0.717) is 0 Å². The third kappa shape index (κ3) is 5.52. The number of nitrogens with one attached hydrogen (secondary N) is 1. The van der Waals surface area contributed by atoms with Gasteiger partial charge in [0, 0.05) is 6.54 Å². The summed E-state index contributed by atoms with van der Waals surface area (Å²) < 4.78 is 6.15. The Hall–Kier alpha value is -0.580. The zero-order valence-electron chi connectivity index (χ0n) is 10.4. The fraction of sp³-hybridized carbons (Fsp3) is 0.538. The normalized spacial score (nSPS) is 12.5. The Morgan fingerprint density at radius 1 is 1.47 bits per heavy atom. The number of methoxy groups -OCH3 is 1. The molecule has 0 saturated carbocycles. The van der Waals surface area contributed by atoms with Crippen LogP contribution in [0.5, 0.6) is 5.75 Å². The van der Waals surface area contributed by atoms with Crippen molar-refractivity contribution in [1.29, 1.82) is 0 Å². The van der Waals surface area contributed by atoms with Crippen LogP contribution in [-0.2, 0) is 6.54 Å². The first-order chi connectivity index (χ1) is 8.13. The van der Waals surface area contributed by atoms with Crippen molar-refractivity contribution in [2.75, 3.05) is 13.7 Å². The highest BCUT2D eigenvalue weighted by Gasteiger charge is 2.01. The zero-order valence-corrected chi connectivity index (χ0v) is 12.0. The van der Waals surface area contributed by atoms with Gasteiger partial charge in [-0.2, -0.15) is 0 Å². The van der Waals surface area contributed by atoms with Gasteiger partial charge >= 0.3 is 0 Å². The molecular formula is C13H20BrNO2. The van der Waals surface area contributed by atoms with Crippen LogP contribution >= 0.6 is 15.9 Å². The number of aliphatic hydroxyl groups excluding tert-OH is 1. The van der Waals surface area contributed by atoms with E-state index in [2.05, 4.69) is 27.3 Å². The molecule has 1 atom stereocenters. The molecule has 4 heteroatoms. The number of aliphatic hydroxyl groups is 1. The summed E-state index contributed by atoms with van der Waals surface area (Å²) >= 11 is 3.46. The van der Waals surface area contributed by atoms with Crippen LogP contribution in [0.3, 0.4) is 0 Å². The first-order valence-electron chi connectivity index (χ1n) is 5.84. The van der Waals surface area contributed by atoms with Crippen LogP contribution in [0.4, 0.5) is 0 Å². The lowest BCUT2D eigenvalue weighted by Gasteiger charge is -2.08. The van der Waals surface area contributed by atoms with Crippen molar-refractivity contribution in [3.05, 3.63) is 28.2 Å². The summed E-state index contributed by atoms with van der Waals surface area (Å²) in [5, 5.41) is 12.5. The van der Waals surface area contributed by atoms with E-state index in [4.69, 9.17) is 9.84 Å². The van der Waals surface area contributed by atoms with Gasteiger partial charge in [0.1, 0.15) is 5.75 Å². The minimum Gasteiger partial charge on any atom is -0.496 e. The number of halogens is 1. The number of benzene rings is 1. The van der Waals surface area contributed by atoms with Gasteiger partial charge in [0.2, 0.25) is 0 Å². The molecule has 1 aromatic rings. The largest absolute Gasteiger partial charge is 0.496 e. The Balaban J connectivity index is 2.30. The van der Waals surface area contributed by atoms with Crippen molar-refractivity contribution in [2.24, 2.45) is 0 Å². The molecule has 0 aliphatic carbocycles. The molecule has 0 radical (unpaired) electrons. The van der Waals surface area contributed by atoms with Crippen molar-refractivity contribution >= 4 is 15.9 Å². The first-order valence-corrected chi connectivity index (χ1v) is 6.64. The molecule has 2 N–H and O–H groups in total. The van der Waals surface area contributed by atoms with Crippen molar-refractivity contribution in [2.45, 2.75) is 32.4 Å². The molecule has 0 fully saturated rings. The summed E-state index contributed by atoms with van der Waals surface area (Å²) in [6, 6.07) is 6.06. The molecule has 1 aromatic carbocycles. The first kappa shape index (κ1) is 14.5. The fourth-order valence-electron chi connectivity index (χ4n) is 1.58. The van der Waals surface area contributed by atoms with Gasteiger partial charge in [0.15, 0.2) is 0 Å². The average Bonchev–Trinajstić information content (AvgIpc) is 2.28. The number of ether oxygens (including phenoxy) is 1. The Morgan fingerprint density at radius 2 is 2.24 bits per heavy atom. The smallest absolute Gasteiger partial charge is 0.133 e. The van der Waals surface area contributed by atoms with Crippen LogP contribution in [0, 0.1) is 0 Å². The zero-order chi connectivity index (χ0) is 12.7. The standard InChI is InChI=1S/C13H20BrNO2/c1-10(16)4-3-7-15-9-11-5-6-13(17-2)12(14)8-11/h5-6,8,10,15-16H,3-4,7,9H2,1-2H3. The molecule has 0 bridgehead atoms. The highest BCUT2D eigenvalue weighted by Crippen LogP contribution is 2.25. The summed E-state index contributed by atoms with van der Waals surface area (Å²) in [7, 11) is 1.66. The van der Waals surface area contributed by atoms with Gasteiger partial charge in [-0.1, -0.05) is 6.07 Å². The van der Waals surface area contributed by atoms with Gasteiger partial charge in [-0.3, -0.25) is 0 Å². The third-order valence-corrected chi connectivity index (χ3v) is 3.14. The van der Waals surface area contributed by atoms with Crippen LogP contribution in [0.15, 0.2) is 22.7 Å². The van der Waals surface area contributed by atoms with E-state index in [1.807, 2.05) is 19.1 Å². The Morgan fingerprint density at radius 3 is 2.82 bits per heavy atom. The van der Waals surface area contributed by atoms with E-state index in [-0.39, 0.29) is 6.10 Å². The third-order valence-electron chi connectivity index (χ3n) is 2.52. The van der Waals surface area contributed by atoms with Crippen LogP contribution in [-0.4, -0.2) is 24.9 Å². The molecular weight excluding hydrogens is 282 g/mol. The topological polar surface area (TPSA) is 41.5 Å². The summed E-state index contributed by atoms with van der Waals surface area (Å²) in [6.45, 7) is 3.58. The Bertz CT molecular complexity index is 342. The van der Waals surface area contributed by atoms with E-state index in [0.717, 1.165) is 36.2 Å². The van der Waals surface area contributed by atoms with Crippen LogP contribution in [0.1, 0.15) is 25.3 Å². The maximum Gasteiger partial charge on any atom is 0.133 e. The molecule has 0 amide bonds. The second kappa shape index (κ2) is 7.69. The Labute approximate surface area is 111 Å². The van der Waals surface area contributed by atoms with Crippen LogP contribution in [0.2, 0.25) is 0 Å². The van der Waals surface area contributed by atoms with Crippen molar-refractivity contribution in [3.63, 3.8) is 0 Å². The molecule has 1 unspecified atom stereocenters. The maximum atomic E-state index is 9.11. The molecule has 0 spiro atoms. The van der Waals surface area contributed by atoms with E-state index >= 15 is 0 Å². The van der Waals surface area contributed by atoms with Crippen molar-refractivity contribution < 1.29 is 9.84 Å². The van der Waals surface area contributed by atoms with Crippen LogP contribution in [0.25, 0.3) is 0 Å². The predicted molar refractivity (Wildman–Crippen MR) is 73.3 cm³/mol. The molecule has 0 heterocycles. The lowest BCUT2D eigenvalue weighted by Crippen LogP contribution is -2.16. The van der Waals surface area contributed by atoms with Gasteiger partial charge < -0.3 is 15.2 Å². The minimum atomic E-state index is -0.202. The summed E-state index contributed by atoms with van der Waals surface area (Å²) in [5.41, 5.74) is 1.22. The van der Waals surface area contributed by atoms with Gasteiger partial charge in [0.25, 0.3) is 0 Å². The molecule has 0 aromatic heterocycles. The molecule has 17 heavy (non-hydrogen) atoms. The lowest BCUT2D eigenvalue weighted by molar-refractivity contribution is 0.181. The molecule has 0 saturated heterocycles. The molecule has 3 nitrogen and oxygen atoms in total. The van der Waals surface area contributed by atoms with Crippen molar-refractivity contribution in [1.82, 2.24) is 5.32 Å². The predicted octanol–water partition coefficient (Wildman–Crippen LogP) is 2.71. The van der Waals surface area contributed by atoms with Gasteiger partial charge in [-0.15, -0.1) is 0 Å². The highest BCUT2D eigenvalue weighted by molar-refractivity contribution is 9.10. The number of hydrogen-bond donors (Lipinski definition) is 2. The minimum absolute atomic E-state index is 0.202. The Kier molecular flexibility index (Phi) is 6.55. The quantitative estimate of drug-likeness (QED) is 0.761. The van der Waals surface area contributed by atoms with Crippen LogP contribution < -0.4 is 10.1 Å². The van der Waals surface area contributed by atoms with Gasteiger partial charge in [-0.05, 0) is 59.9 Å². The monoisotopic (exact) mass is 301 g/mol. The second-order valence-electron chi connectivity index (χ2n) is 4.14. The maximum absolute atomic E-state index is 9.11. The van der Waals surface area contributed by atoms with E-state index in [1.165, 1.54) is 5.56 Å². The molecule has 96 valence electrons. The van der Waals surface area contributed by atoms with Crippen molar-refractivity contribution in [3.8, 4) is 5.75 Å². The van der Waals surface area contributed by atoms with Gasteiger partial charge in [0.05, 0.1) is 17.7 Å². The highest BCUT2D eigenvalue weighted by atomic mass is 79.9. The van der Waals surface area contributed by atoms with E-state index in [9.17, 15) is 0 Å². The summed E-state index contributed by atoms with van der Waals surface area (Å²) in [6.07, 6.45) is 1.64.